The van der Waals surface area contributed by atoms with Crippen LogP contribution in [-0.4, -0.2) is 22.6 Å². The van der Waals surface area contributed by atoms with Crippen LogP contribution in [-0.2, 0) is 9.63 Å². The Labute approximate surface area is 152 Å². The molecule has 1 aliphatic heterocycles. The normalized spacial score (nSPS) is 17.4. The predicted molar refractivity (Wildman–Crippen MR) is 95.4 cm³/mol. The molecule has 2 aromatic carbocycles. The average Bonchev–Trinajstić information content (AvgIpc) is 3.29. The molecule has 2 heterocycles. The van der Waals surface area contributed by atoms with E-state index in [9.17, 15) is 14.4 Å². The Hall–Kier alpha value is -3.11. The highest BCUT2D eigenvalue weighted by Gasteiger charge is 2.36. The third-order valence-electron chi connectivity index (χ3n) is 4.12. The summed E-state index contributed by atoms with van der Waals surface area (Å²) in [5.74, 6) is -1.79. The van der Waals surface area contributed by atoms with Gasteiger partial charge in [-0.15, -0.1) is 11.3 Å². The summed E-state index contributed by atoms with van der Waals surface area (Å²) in [5.41, 5.74) is 1.81. The molecule has 0 bridgehead atoms. The number of fused-ring (bicyclic) bond motifs is 1. The Balaban J connectivity index is 1.54. The fourth-order valence-corrected chi connectivity index (χ4v) is 3.83. The van der Waals surface area contributed by atoms with Crippen molar-refractivity contribution in [3.05, 3.63) is 64.9 Å². The van der Waals surface area contributed by atoms with Crippen molar-refractivity contribution in [2.24, 2.45) is 5.16 Å². The molecule has 5 nitrogen and oxygen atoms in total. The molecule has 0 saturated carbocycles. The van der Waals surface area contributed by atoms with Gasteiger partial charge in [-0.05, 0) is 24.3 Å². The first-order chi connectivity index (χ1) is 12.7. The van der Waals surface area contributed by atoms with Gasteiger partial charge < -0.3 is 4.84 Å². The highest BCUT2D eigenvalue weighted by Crippen LogP contribution is 2.30. The Morgan fingerprint density at radius 1 is 1.31 bits per heavy atom. The van der Waals surface area contributed by atoms with Crippen LogP contribution in [0.1, 0.15) is 22.9 Å². The second-order valence-electron chi connectivity index (χ2n) is 5.83. The van der Waals surface area contributed by atoms with Crippen LogP contribution in [0.15, 0.2) is 53.7 Å². The number of carbonyl (C=O) groups excluding carboxylic acids is 1. The molecule has 1 aromatic heterocycles. The first-order valence-corrected chi connectivity index (χ1v) is 8.75. The standard InChI is InChI=1S/C19H12FN3O2S/c20-12-5-3-4-11(8-12)15-9-16(25-23-15)18(24)13(10-21)19-22-14-6-1-2-7-17(14)26-19/h1-8,13,16H,9H2/t13-,16+/m1/s1. The minimum absolute atomic E-state index is 0.200. The van der Waals surface area contributed by atoms with Crippen molar-refractivity contribution < 1.29 is 14.0 Å². The lowest BCUT2D eigenvalue weighted by molar-refractivity contribution is -0.129. The molecule has 3 aromatic rings. The van der Waals surface area contributed by atoms with Gasteiger partial charge in [0.05, 0.1) is 22.0 Å². The molecule has 0 aliphatic carbocycles. The molecule has 0 N–H and O–H groups in total. The molecular formula is C19H12FN3O2S. The largest absolute Gasteiger partial charge is 0.384 e. The summed E-state index contributed by atoms with van der Waals surface area (Å²) in [7, 11) is 0. The van der Waals surface area contributed by atoms with E-state index in [1.807, 2.05) is 30.3 Å². The van der Waals surface area contributed by atoms with E-state index in [0.717, 1.165) is 10.2 Å². The van der Waals surface area contributed by atoms with Crippen molar-refractivity contribution in [2.75, 3.05) is 0 Å². The number of halogens is 1. The topological polar surface area (TPSA) is 75.3 Å². The fraction of sp³-hybridized carbons (Fsp3) is 0.158. The highest BCUT2D eigenvalue weighted by atomic mass is 32.1. The SMILES string of the molecule is N#C[C@H](C(=O)[C@@H]1CC(c2cccc(F)c2)=NO1)c1nc2ccccc2s1. The van der Waals surface area contributed by atoms with Gasteiger partial charge in [0.15, 0.2) is 12.0 Å². The number of ketones is 1. The van der Waals surface area contributed by atoms with Crippen LogP contribution in [0.2, 0.25) is 0 Å². The van der Waals surface area contributed by atoms with Gasteiger partial charge in [0.25, 0.3) is 0 Å². The molecule has 0 fully saturated rings. The van der Waals surface area contributed by atoms with Crippen LogP contribution in [0.5, 0.6) is 0 Å². The monoisotopic (exact) mass is 365 g/mol. The van der Waals surface area contributed by atoms with E-state index in [0.29, 0.717) is 16.3 Å². The molecular weight excluding hydrogens is 353 g/mol. The third-order valence-corrected chi connectivity index (χ3v) is 5.22. The summed E-state index contributed by atoms with van der Waals surface area (Å²) >= 11 is 1.32. The van der Waals surface area contributed by atoms with Gasteiger partial charge in [-0.2, -0.15) is 5.26 Å². The number of nitrogens with zero attached hydrogens (tertiary/aromatic N) is 3. The number of oxime groups is 1. The van der Waals surface area contributed by atoms with E-state index >= 15 is 0 Å². The van der Waals surface area contributed by atoms with E-state index in [1.165, 1.54) is 23.5 Å². The molecule has 4 rings (SSSR count). The molecule has 0 saturated heterocycles. The molecule has 26 heavy (non-hydrogen) atoms. The Morgan fingerprint density at radius 3 is 2.92 bits per heavy atom. The Kier molecular flexibility index (Phi) is 4.19. The third kappa shape index (κ3) is 2.95. The van der Waals surface area contributed by atoms with Crippen molar-refractivity contribution in [1.29, 1.82) is 5.26 Å². The number of aromatic nitrogens is 1. The van der Waals surface area contributed by atoms with E-state index < -0.39 is 12.0 Å². The molecule has 7 heteroatoms. The molecule has 0 radical (unpaired) electrons. The molecule has 128 valence electrons. The quantitative estimate of drug-likeness (QED) is 0.705. The lowest BCUT2D eigenvalue weighted by atomic mass is 9.96. The Bertz CT molecular complexity index is 1040. The van der Waals surface area contributed by atoms with Crippen molar-refractivity contribution in [3.8, 4) is 6.07 Å². The zero-order valence-electron chi connectivity index (χ0n) is 13.4. The highest BCUT2D eigenvalue weighted by molar-refractivity contribution is 7.18. The molecule has 1 aliphatic rings. The van der Waals surface area contributed by atoms with Crippen LogP contribution in [0.4, 0.5) is 4.39 Å². The van der Waals surface area contributed by atoms with E-state index in [4.69, 9.17) is 4.84 Å². The smallest absolute Gasteiger partial charge is 0.200 e. The number of hydrogen-bond donors (Lipinski definition) is 0. The van der Waals surface area contributed by atoms with Crippen LogP contribution in [0.25, 0.3) is 10.2 Å². The van der Waals surface area contributed by atoms with Gasteiger partial charge in [-0.25, -0.2) is 9.37 Å². The summed E-state index contributed by atoms with van der Waals surface area (Å²) in [4.78, 5) is 22.4. The minimum atomic E-state index is -1.01. The number of para-hydroxylation sites is 1. The Morgan fingerprint density at radius 2 is 2.15 bits per heavy atom. The van der Waals surface area contributed by atoms with E-state index in [2.05, 4.69) is 10.1 Å². The number of benzene rings is 2. The second kappa shape index (κ2) is 6.65. The zero-order valence-corrected chi connectivity index (χ0v) is 14.2. The summed E-state index contributed by atoms with van der Waals surface area (Å²) in [5, 5.41) is 13.9. The summed E-state index contributed by atoms with van der Waals surface area (Å²) in [6.45, 7) is 0. The summed E-state index contributed by atoms with van der Waals surface area (Å²) < 4.78 is 14.3. The predicted octanol–water partition coefficient (Wildman–Crippen LogP) is 3.80. The van der Waals surface area contributed by atoms with Crippen LogP contribution in [0, 0.1) is 17.1 Å². The number of carbonyl (C=O) groups is 1. The first kappa shape index (κ1) is 16.4. The van der Waals surface area contributed by atoms with Crippen LogP contribution < -0.4 is 0 Å². The van der Waals surface area contributed by atoms with Gasteiger partial charge in [0.1, 0.15) is 10.8 Å². The van der Waals surface area contributed by atoms with E-state index in [-0.39, 0.29) is 18.0 Å². The maximum atomic E-state index is 13.4. The van der Waals surface area contributed by atoms with E-state index in [1.54, 1.807) is 12.1 Å². The number of nitriles is 1. The average molecular weight is 365 g/mol. The van der Waals surface area contributed by atoms with Crippen LogP contribution >= 0.6 is 11.3 Å². The van der Waals surface area contributed by atoms with Gasteiger partial charge >= 0.3 is 0 Å². The van der Waals surface area contributed by atoms with Gasteiger partial charge in [0.2, 0.25) is 5.78 Å². The van der Waals surface area contributed by atoms with Gasteiger partial charge in [-0.3, -0.25) is 4.79 Å². The van der Waals surface area contributed by atoms with Gasteiger partial charge in [0, 0.05) is 12.0 Å². The van der Waals surface area contributed by atoms with Crippen molar-refractivity contribution in [1.82, 2.24) is 4.98 Å². The fourth-order valence-electron chi connectivity index (χ4n) is 2.81. The first-order valence-electron chi connectivity index (χ1n) is 7.93. The maximum Gasteiger partial charge on any atom is 0.200 e. The number of rotatable bonds is 4. The van der Waals surface area contributed by atoms with Crippen molar-refractivity contribution in [3.63, 3.8) is 0 Å². The van der Waals surface area contributed by atoms with Gasteiger partial charge in [-0.1, -0.05) is 29.4 Å². The lowest BCUT2D eigenvalue weighted by Gasteiger charge is -2.09. The zero-order chi connectivity index (χ0) is 18.1. The summed E-state index contributed by atoms with van der Waals surface area (Å²) in [6, 6.07) is 15.4. The molecule has 0 amide bonds. The molecule has 0 spiro atoms. The van der Waals surface area contributed by atoms with Crippen LogP contribution in [0.3, 0.4) is 0 Å². The lowest BCUT2D eigenvalue weighted by Crippen LogP contribution is -2.26. The number of thiazole rings is 1. The van der Waals surface area contributed by atoms with Crippen molar-refractivity contribution >= 4 is 33.0 Å². The number of hydrogen-bond acceptors (Lipinski definition) is 6. The summed E-state index contributed by atoms with van der Waals surface area (Å²) in [6.07, 6.45) is -0.671. The molecule has 2 atom stereocenters. The maximum absolute atomic E-state index is 13.4. The second-order valence-corrected chi connectivity index (χ2v) is 6.89. The minimum Gasteiger partial charge on any atom is -0.384 e. The number of Topliss-reactive ketones (excluding diaryl/α,β-unsaturated/α-hetero) is 1. The van der Waals surface area contributed by atoms with Crippen molar-refractivity contribution in [2.45, 2.75) is 18.4 Å². The molecule has 0 unspecified atom stereocenters.